The second-order valence-corrected chi connectivity index (χ2v) is 7.38. The van der Waals surface area contributed by atoms with Crippen LogP contribution in [0.2, 0.25) is 0 Å². The lowest BCUT2D eigenvalue weighted by Crippen LogP contribution is -2.61. The molecule has 0 spiro atoms. The molecule has 2 N–H and O–H groups in total. The molecule has 1 saturated heterocycles. The summed E-state index contributed by atoms with van der Waals surface area (Å²) in [7, 11) is 0. The Morgan fingerprint density at radius 2 is 1.65 bits per heavy atom. The van der Waals surface area contributed by atoms with Crippen LogP contribution in [-0.4, -0.2) is 48.6 Å². The highest BCUT2D eigenvalue weighted by Crippen LogP contribution is 2.29. The Morgan fingerprint density at radius 3 is 2.20 bits per heavy atom. The third-order valence-electron chi connectivity index (χ3n) is 4.98. The topological polar surface area (TPSA) is 44.4 Å². The summed E-state index contributed by atoms with van der Waals surface area (Å²) >= 11 is 0. The van der Waals surface area contributed by atoms with Crippen molar-refractivity contribution >= 4 is 5.91 Å². The summed E-state index contributed by atoms with van der Waals surface area (Å²) in [6.07, 6.45) is 3.56. The minimum Gasteiger partial charge on any atom is -0.352 e. The number of rotatable bonds is 3. The van der Waals surface area contributed by atoms with Crippen LogP contribution in [0, 0.1) is 11.8 Å². The first kappa shape index (κ1) is 15.8. The first-order valence-electron chi connectivity index (χ1n) is 8.16. The molecule has 1 heterocycles. The number of nitrogens with one attached hydrogen (secondary N) is 2. The summed E-state index contributed by atoms with van der Waals surface area (Å²) in [5, 5.41) is 6.66. The molecule has 2 atom stereocenters. The van der Waals surface area contributed by atoms with E-state index in [9.17, 15) is 4.79 Å². The Kier molecular flexibility index (Phi) is 5.08. The van der Waals surface area contributed by atoms with Crippen LogP contribution >= 0.6 is 0 Å². The highest BCUT2D eigenvalue weighted by molar-refractivity contribution is 5.85. The summed E-state index contributed by atoms with van der Waals surface area (Å²) in [5.74, 6) is 1.66. The van der Waals surface area contributed by atoms with Gasteiger partial charge in [0.25, 0.3) is 0 Å². The number of hydrogen-bond acceptors (Lipinski definition) is 3. The molecule has 0 aromatic carbocycles. The van der Waals surface area contributed by atoms with Gasteiger partial charge in [-0.3, -0.25) is 9.69 Å². The molecule has 4 heteroatoms. The lowest BCUT2D eigenvalue weighted by molar-refractivity contribution is -0.133. The van der Waals surface area contributed by atoms with Crippen molar-refractivity contribution in [2.45, 2.75) is 58.5 Å². The Bertz CT molecular complexity index is 327. The normalized spacial score (nSPS) is 32.9. The highest BCUT2D eigenvalue weighted by atomic mass is 16.2. The molecule has 1 saturated carbocycles. The quantitative estimate of drug-likeness (QED) is 0.826. The van der Waals surface area contributed by atoms with Gasteiger partial charge >= 0.3 is 0 Å². The van der Waals surface area contributed by atoms with Gasteiger partial charge in [-0.1, -0.05) is 13.8 Å². The molecule has 4 nitrogen and oxygen atoms in total. The summed E-state index contributed by atoms with van der Waals surface area (Å²) in [5.41, 5.74) is -0.397. The number of piperazine rings is 1. The minimum atomic E-state index is -0.397. The molecule has 1 aliphatic heterocycles. The Labute approximate surface area is 123 Å². The SMILES string of the molecule is CC1CC(C)CC(NC(=O)C(C)(C)N2CCNCC2)C1. The lowest BCUT2D eigenvalue weighted by Gasteiger charge is -2.41. The average Bonchev–Trinajstić information content (AvgIpc) is 2.38. The van der Waals surface area contributed by atoms with Gasteiger partial charge in [0.2, 0.25) is 5.91 Å². The van der Waals surface area contributed by atoms with Gasteiger partial charge in [0.1, 0.15) is 0 Å². The van der Waals surface area contributed by atoms with E-state index in [1.54, 1.807) is 0 Å². The van der Waals surface area contributed by atoms with Crippen LogP contribution in [0.25, 0.3) is 0 Å². The van der Waals surface area contributed by atoms with Crippen LogP contribution in [0.1, 0.15) is 47.0 Å². The van der Waals surface area contributed by atoms with Gasteiger partial charge in [-0.2, -0.15) is 0 Å². The predicted molar refractivity (Wildman–Crippen MR) is 82.6 cm³/mol. The van der Waals surface area contributed by atoms with Crippen molar-refractivity contribution in [3.63, 3.8) is 0 Å². The van der Waals surface area contributed by atoms with E-state index in [1.807, 2.05) is 0 Å². The molecule has 1 aliphatic carbocycles. The molecule has 0 aromatic rings. The summed E-state index contributed by atoms with van der Waals surface area (Å²) < 4.78 is 0. The molecule has 0 radical (unpaired) electrons. The fourth-order valence-electron chi connectivity index (χ4n) is 3.79. The fourth-order valence-corrected chi connectivity index (χ4v) is 3.79. The van der Waals surface area contributed by atoms with E-state index in [-0.39, 0.29) is 5.91 Å². The van der Waals surface area contributed by atoms with Gasteiger partial charge in [0.05, 0.1) is 5.54 Å². The van der Waals surface area contributed by atoms with E-state index in [2.05, 4.69) is 43.2 Å². The van der Waals surface area contributed by atoms with E-state index in [1.165, 1.54) is 6.42 Å². The first-order chi connectivity index (χ1) is 9.39. The molecule has 2 rings (SSSR count). The lowest BCUT2D eigenvalue weighted by atomic mass is 9.80. The summed E-state index contributed by atoms with van der Waals surface area (Å²) in [6, 6.07) is 0.364. The summed E-state index contributed by atoms with van der Waals surface area (Å²) in [6.45, 7) is 12.6. The second-order valence-electron chi connectivity index (χ2n) is 7.38. The van der Waals surface area contributed by atoms with Crippen LogP contribution < -0.4 is 10.6 Å². The molecule has 116 valence electrons. The van der Waals surface area contributed by atoms with Crippen LogP contribution in [-0.2, 0) is 4.79 Å². The van der Waals surface area contributed by atoms with Crippen molar-refractivity contribution in [2.75, 3.05) is 26.2 Å². The molecule has 0 bridgehead atoms. The largest absolute Gasteiger partial charge is 0.352 e. The maximum absolute atomic E-state index is 12.7. The van der Waals surface area contributed by atoms with Gasteiger partial charge in [0, 0.05) is 32.2 Å². The van der Waals surface area contributed by atoms with Crippen molar-refractivity contribution in [2.24, 2.45) is 11.8 Å². The molecule has 2 fully saturated rings. The van der Waals surface area contributed by atoms with Crippen molar-refractivity contribution in [1.82, 2.24) is 15.5 Å². The zero-order chi connectivity index (χ0) is 14.8. The zero-order valence-electron chi connectivity index (χ0n) is 13.5. The molecular weight excluding hydrogens is 250 g/mol. The monoisotopic (exact) mass is 281 g/mol. The maximum atomic E-state index is 12.7. The second kappa shape index (κ2) is 6.44. The number of amides is 1. The number of carbonyl (C=O) groups excluding carboxylic acids is 1. The standard InChI is InChI=1S/C16H31N3O/c1-12-9-13(2)11-14(10-12)18-15(20)16(3,4)19-7-5-17-6-8-19/h12-14,17H,5-11H2,1-4H3,(H,18,20). The van der Waals surface area contributed by atoms with Crippen LogP contribution in [0.5, 0.6) is 0 Å². The third kappa shape index (κ3) is 3.73. The van der Waals surface area contributed by atoms with Crippen LogP contribution in [0.4, 0.5) is 0 Å². The van der Waals surface area contributed by atoms with Crippen molar-refractivity contribution < 1.29 is 4.79 Å². The first-order valence-corrected chi connectivity index (χ1v) is 8.16. The minimum absolute atomic E-state index is 0.200. The summed E-state index contributed by atoms with van der Waals surface area (Å²) in [4.78, 5) is 15.0. The molecule has 2 unspecified atom stereocenters. The van der Waals surface area contributed by atoms with E-state index in [0.717, 1.165) is 50.9 Å². The van der Waals surface area contributed by atoms with Crippen molar-refractivity contribution in [1.29, 1.82) is 0 Å². The van der Waals surface area contributed by atoms with Gasteiger partial charge in [0.15, 0.2) is 0 Å². The predicted octanol–water partition coefficient (Wildman–Crippen LogP) is 1.61. The van der Waals surface area contributed by atoms with Gasteiger partial charge in [-0.05, 0) is 44.9 Å². The molecular formula is C16H31N3O. The molecule has 0 aromatic heterocycles. The fraction of sp³-hybridized carbons (Fsp3) is 0.938. The van der Waals surface area contributed by atoms with Crippen molar-refractivity contribution in [3.8, 4) is 0 Å². The van der Waals surface area contributed by atoms with Gasteiger partial charge < -0.3 is 10.6 Å². The van der Waals surface area contributed by atoms with Crippen LogP contribution in [0.15, 0.2) is 0 Å². The number of carbonyl (C=O) groups is 1. The zero-order valence-corrected chi connectivity index (χ0v) is 13.5. The highest BCUT2D eigenvalue weighted by Gasteiger charge is 2.37. The molecule has 1 amide bonds. The van der Waals surface area contributed by atoms with E-state index in [4.69, 9.17) is 0 Å². The Balaban J connectivity index is 1.92. The van der Waals surface area contributed by atoms with E-state index in [0.29, 0.717) is 6.04 Å². The van der Waals surface area contributed by atoms with E-state index >= 15 is 0 Å². The average molecular weight is 281 g/mol. The Morgan fingerprint density at radius 1 is 1.10 bits per heavy atom. The van der Waals surface area contributed by atoms with Gasteiger partial charge in [-0.25, -0.2) is 0 Å². The van der Waals surface area contributed by atoms with Crippen molar-refractivity contribution in [3.05, 3.63) is 0 Å². The Hall–Kier alpha value is -0.610. The smallest absolute Gasteiger partial charge is 0.240 e. The van der Waals surface area contributed by atoms with Gasteiger partial charge in [-0.15, -0.1) is 0 Å². The third-order valence-corrected chi connectivity index (χ3v) is 4.98. The number of nitrogens with zero attached hydrogens (tertiary/aromatic N) is 1. The number of hydrogen-bond donors (Lipinski definition) is 2. The van der Waals surface area contributed by atoms with E-state index < -0.39 is 5.54 Å². The molecule has 20 heavy (non-hydrogen) atoms. The molecule has 2 aliphatic rings. The maximum Gasteiger partial charge on any atom is 0.240 e. The van der Waals surface area contributed by atoms with Crippen LogP contribution in [0.3, 0.4) is 0 Å².